The van der Waals surface area contributed by atoms with E-state index < -0.39 is 0 Å². The van der Waals surface area contributed by atoms with Gasteiger partial charge in [-0.25, -0.2) is 4.98 Å². The molecule has 0 bridgehead atoms. The lowest BCUT2D eigenvalue weighted by Crippen LogP contribution is -2.11. The number of rotatable bonds is 2. The van der Waals surface area contributed by atoms with E-state index in [1.54, 1.807) is 18.6 Å². The van der Waals surface area contributed by atoms with Crippen LogP contribution in [-0.2, 0) is 0 Å². The molecule has 0 amide bonds. The lowest BCUT2D eigenvalue weighted by Gasteiger charge is -2.03. The van der Waals surface area contributed by atoms with Gasteiger partial charge in [0.2, 0.25) is 5.78 Å². The minimum atomic E-state index is -0.201. The van der Waals surface area contributed by atoms with Gasteiger partial charge in [0.15, 0.2) is 0 Å². The number of nitrogens with zero attached hydrogens (tertiary/aromatic N) is 3. The molecule has 0 aliphatic heterocycles. The predicted octanol–water partition coefficient (Wildman–Crippen LogP) is 4.38. The number of fused-ring (bicyclic) bond motifs is 1. The summed E-state index contributed by atoms with van der Waals surface area (Å²) in [7, 11) is 0. The largest absolute Gasteiger partial charge is 0.290 e. The van der Waals surface area contributed by atoms with Gasteiger partial charge in [-0.2, -0.15) is 0 Å². The number of imidazole rings is 1. The zero-order valence-corrected chi connectivity index (χ0v) is 15.1. The summed E-state index contributed by atoms with van der Waals surface area (Å²) in [6.45, 7) is 16.4. The predicted molar refractivity (Wildman–Crippen MR) is 95.4 cm³/mol. The van der Waals surface area contributed by atoms with Gasteiger partial charge in [-0.3, -0.25) is 19.2 Å². The molecule has 0 spiro atoms. The number of hydrogen-bond donors (Lipinski definition) is 1. The van der Waals surface area contributed by atoms with E-state index in [-0.39, 0.29) is 5.56 Å². The van der Waals surface area contributed by atoms with Crippen molar-refractivity contribution in [2.75, 3.05) is 0 Å². The average Bonchev–Trinajstić information content (AvgIpc) is 2.88. The second-order valence-electron chi connectivity index (χ2n) is 5.76. The second kappa shape index (κ2) is 9.92. The molecule has 124 valence electrons. The second-order valence-corrected chi connectivity index (χ2v) is 5.76. The van der Waals surface area contributed by atoms with Crippen LogP contribution in [0.5, 0.6) is 0 Å². The minimum absolute atomic E-state index is 0.201. The molecule has 0 atom stereocenters. The number of hydrogen-bond acceptors (Lipinski definition) is 3. The summed E-state index contributed by atoms with van der Waals surface area (Å²) in [5, 5.41) is 0. The van der Waals surface area contributed by atoms with Crippen LogP contribution in [0.1, 0.15) is 54.2 Å². The first-order valence-electron chi connectivity index (χ1n) is 7.93. The maximum atomic E-state index is 11.7. The van der Waals surface area contributed by atoms with Gasteiger partial charge >= 0.3 is 0 Å². The molecule has 0 saturated heterocycles. The highest BCUT2D eigenvalue weighted by Gasteiger charge is 2.07. The molecule has 5 nitrogen and oxygen atoms in total. The molecule has 2 aromatic heterocycles. The SMILES string of the molecule is CC.CC(C)C.Cc1c(N=CC(C)C)c(=O)[nH]c2nccn12. The van der Waals surface area contributed by atoms with E-state index in [0.29, 0.717) is 17.4 Å². The quantitative estimate of drug-likeness (QED) is 0.837. The van der Waals surface area contributed by atoms with E-state index in [4.69, 9.17) is 0 Å². The Kier molecular flexibility index (Phi) is 9.06. The van der Waals surface area contributed by atoms with Crippen LogP contribution < -0.4 is 5.56 Å². The van der Waals surface area contributed by atoms with E-state index in [0.717, 1.165) is 11.6 Å². The molecule has 0 aliphatic carbocycles. The summed E-state index contributed by atoms with van der Waals surface area (Å²) in [6.07, 6.45) is 5.21. The van der Waals surface area contributed by atoms with Crippen molar-refractivity contribution < 1.29 is 0 Å². The lowest BCUT2D eigenvalue weighted by atomic mass is 10.2. The fourth-order valence-corrected chi connectivity index (χ4v) is 1.48. The number of aliphatic imine (C=N–C) groups is 1. The standard InChI is InChI=1S/C11H14N4O.C4H10.C2H6/c1-7(2)6-13-9-8(3)15-5-4-12-11(15)14-10(9)16;1-4(2)3;1-2/h4-7H,1-3H3,(H,12,14,16);4H,1-3H3;1-2H3. The summed E-state index contributed by atoms with van der Waals surface area (Å²) in [6, 6.07) is 0. The zero-order valence-electron chi connectivity index (χ0n) is 15.1. The van der Waals surface area contributed by atoms with Crippen LogP contribution in [0.2, 0.25) is 0 Å². The fourth-order valence-electron chi connectivity index (χ4n) is 1.48. The van der Waals surface area contributed by atoms with E-state index in [9.17, 15) is 4.79 Å². The van der Waals surface area contributed by atoms with Crippen molar-refractivity contribution in [3.8, 4) is 0 Å². The molecular weight excluding hydrogens is 276 g/mol. The number of H-pyrrole nitrogens is 1. The molecule has 22 heavy (non-hydrogen) atoms. The summed E-state index contributed by atoms with van der Waals surface area (Å²) in [5.41, 5.74) is 1.04. The number of aryl methyl sites for hydroxylation is 1. The molecular formula is C17H30N4O. The van der Waals surface area contributed by atoms with Crippen molar-refractivity contribution in [1.29, 1.82) is 0 Å². The molecule has 5 heteroatoms. The van der Waals surface area contributed by atoms with Crippen LogP contribution in [0.3, 0.4) is 0 Å². The molecule has 2 heterocycles. The van der Waals surface area contributed by atoms with E-state index in [2.05, 4.69) is 35.7 Å². The topological polar surface area (TPSA) is 62.5 Å². The lowest BCUT2D eigenvalue weighted by molar-refractivity contribution is 0.737. The average molecular weight is 306 g/mol. The molecule has 0 saturated carbocycles. The summed E-state index contributed by atoms with van der Waals surface area (Å²) in [5.74, 6) is 1.70. The van der Waals surface area contributed by atoms with Gasteiger partial charge in [-0.1, -0.05) is 48.5 Å². The highest BCUT2D eigenvalue weighted by atomic mass is 16.1. The Balaban J connectivity index is 0.000000640. The third-order valence-electron chi connectivity index (χ3n) is 2.29. The fraction of sp³-hybridized carbons (Fsp3) is 0.588. The first-order valence-corrected chi connectivity index (χ1v) is 7.93. The van der Waals surface area contributed by atoms with Gasteiger partial charge in [-0.15, -0.1) is 0 Å². The van der Waals surface area contributed by atoms with Gasteiger partial charge < -0.3 is 0 Å². The third-order valence-corrected chi connectivity index (χ3v) is 2.29. The molecule has 2 aromatic rings. The Morgan fingerprint density at radius 2 is 1.77 bits per heavy atom. The molecule has 0 radical (unpaired) electrons. The zero-order chi connectivity index (χ0) is 17.3. The van der Waals surface area contributed by atoms with Crippen molar-refractivity contribution in [1.82, 2.24) is 14.4 Å². The van der Waals surface area contributed by atoms with Gasteiger partial charge in [0.05, 0.1) is 5.69 Å². The Labute approximate surface area is 133 Å². The first-order chi connectivity index (χ1) is 10.3. The third kappa shape index (κ3) is 6.24. The summed E-state index contributed by atoms with van der Waals surface area (Å²) < 4.78 is 1.81. The van der Waals surface area contributed by atoms with Gasteiger partial charge in [0, 0.05) is 18.6 Å². The van der Waals surface area contributed by atoms with Crippen LogP contribution in [0.15, 0.2) is 22.2 Å². The van der Waals surface area contributed by atoms with Crippen LogP contribution in [0.4, 0.5) is 5.69 Å². The Morgan fingerprint density at radius 1 is 1.23 bits per heavy atom. The molecule has 1 N–H and O–H groups in total. The van der Waals surface area contributed by atoms with Crippen molar-refractivity contribution in [2.45, 2.75) is 55.4 Å². The molecule has 0 fully saturated rings. The highest BCUT2D eigenvalue weighted by Crippen LogP contribution is 2.13. The Morgan fingerprint density at radius 3 is 2.27 bits per heavy atom. The van der Waals surface area contributed by atoms with E-state index >= 15 is 0 Å². The summed E-state index contributed by atoms with van der Waals surface area (Å²) >= 11 is 0. The van der Waals surface area contributed by atoms with Crippen molar-refractivity contribution in [2.24, 2.45) is 16.8 Å². The van der Waals surface area contributed by atoms with E-state index in [1.165, 1.54) is 0 Å². The summed E-state index contributed by atoms with van der Waals surface area (Å²) in [4.78, 5) is 22.7. The maximum Gasteiger partial charge on any atom is 0.278 e. The van der Waals surface area contributed by atoms with Gasteiger partial charge in [-0.05, 0) is 18.8 Å². The molecule has 2 rings (SSSR count). The van der Waals surface area contributed by atoms with Crippen LogP contribution in [-0.4, -0.2) is 20.6 Å². The van der Waals surface area contributed by atoms with Crippen molar-refractivity contribution in [3.05, 3.63) is 28.4 Å². The number of nitrogens with one attached hydrogen (secondary N) is 1. The van der Waals surface area contributed by atoms with Crippen LogP contribution >= 0.6 is 0 Å². The normalized spacial score (nSPS) is 10.6. The first kappa shape index (κ1) is 20.1. The Bertz CT molecular complexity index is 633. The molecule has 0 aliphatic rings. The minimum Gasteiger partial charge on any atom is -0.290 e. The monoisotopic (exact) mass is 306 g/mol. The van der Waals surface area contributed by atoms with Crippen molar-refractivity contribution >= 4 is 17.7 Å². The van der Waals surface area contributed by atoms with E-state index in [1.807, 2.05) is 39.0 Å². The number of aromatic nitrogens is 3. The highest BCUT2D eigenvalue weighted by molar-refractivity contribution is 5.65. The van der Waals surface area contributed by atoms with Crippen molar-refractivity contribution in [3.63, 3.8) is 0 Å². The smallest absolute Gasteiger partial charge is 0.278 e. The number of aromatic amines is 1. The van der Waals surface area contributed by atoms with Crippen LogP contribution in [0, 0.1) is 18.8 Å². The molecule has 0 unspecified atom stereocenters. The van der Waals surface area contributed by atoms with Crippen LogP contribution in [0.25, 0.3) is 5.78 Å². The maximum absolute atomic E-state index is 11.7. The molecule has 0 aromatic carbocycles. The van der Waals surface area contributed by atoms with Gasteiger partial charge in [0.1, 0.15) is 5.69 Å². The van der Waals surface area contributed by atoms with Gasteiger partial charge in [0.25, 0.3) is 5.56 Å². The Hall–Kier alpha value is -1.91.